The summed E-state index contributed by atoms with van der Waals surface area (Å²) in [6.07, 6.45) is 1.79. The Morgan fingerprint density at radius 1 is 1.37 bits per heavy atom. The van der Waals surface area contributed by atoms with E-state index in [4.69, 9.17) is 4.74 Å². The van der Waals surface area contributed by atoms with E-state index in [9.17, 15) is 8.42 Å². The second kappa shape index (κ2) is 4.87. The first kappa shape index (κ1) is 12.5. The van der Waals surface area contributed by atoms with Crippen LogP contribution in [0.1, 0.15) is 12.8 Å². The topological polar surface area (TPSA) is 94.3 Å². The fraction of sp³-hybridized carbons (Fsp3) is 0.455. The van der Waals surface area contributed by atoms with Crippen LogP contribution in [0.25, 0.3) is 11.0 Å². The van der Waals surface area contributed by atoms with Gasteiger partial charge in [-0.1, -0.05) is 6.07 Å². The Kier molecular flexibility index (Phi) is 3.21. The summed E-state index contributed by atoms with van der Waals surface area (Å²) in [5.74, 6) is 0. The molecule has 7 nitrogen and oxygen atoms in total. The first-order chi connectivity index (χ1) is 9.17. The molecule has 102 valence electrons. The summed E-state index contributed by atoms with van der Waals surface area (Å²) < 4.78 is 36.9. The summed E-state index contributed by atoms with van der Waals surface area (Å²) >= 11 is 0. The molecule has 8 heteroatoms. The molecule has 0 saturated carbocycles. The Balaban J connectivity index is 1.84. The highest BCUT2D eigenvalue weighted by Crippen LogP contribution is 2.20. The second-order valence-electron chi connectivity index (χ2n) is 4.38. The van der Waals surface area contributed by atoms with Crippen molar-refractivity contribution in [1.29, 1.82) is 0 Å². The van der Waals surface area contributed by atoms with Gasteiger partial charge in [0.1, 0.15) is 10.4 Å². The third-order valence-electron chi connectivity index (χ3n) is 3.06. The highest BCUT2D eigenvalue weighted by atomic mass is 32.2. The molecule has 1 saturated heterocycles. The average molecular weight is 283 g/mol. The van der Waals surface area contributed by atoms with Crippen LogP contribution < -0.4 is 4.72 Å². The number of ether oxygens (including phenoxy) is 1. The molecule has 0 radical (unpaired) electrons. The monoisotopic (exact) mass is 283 g/mol. The van der Waals surface area contributed by atoms with Crippen LogP contribution in [0.15, 0.2) is 27.7 Å². The van der Waals surface area contributed by atoms with Crippen LogP contribution in [0.2, 0.25) is 0 Å². The van der Waals surface area contributed by atoms with E-state index in [1.165, 1.54) is 6.07 Å². The van der Waals surface area contributed by atoms with Gasteiger partial charge in [-0.2, -0.15) is 0 Å². The van der Waals surface area contributed by atoms with E-state index in [0.717, 1.165) is 12.8 Å². The van der Waals surface area contributed by atoms with Gasteiger partial charge in [-0.3, -0.25) is 0 Å². The zero-order valence-electron chi connectivity index (χ0n) is 10.1. The first-order valence-electron chi connectivity index (χ1n) is 5.99. The summed E-state index contributed by atoms with van der Waals surface area (Å²) in [6.45, 7) is 0.958. The third-order valence-corrected chi connectivity index (χ3v) is 4.52. The molecule has 1 fully saturated rings. The molecule has 2 aromatic rings. The maximum atomic E-state index is 12.2. The van der Waals surface area contributed by atoms with Crippen LogP contribution in [0.5, 0.6) is 0 Å². The maximum absolute atomic E-state index is 12.2. The van der Waals surface area contributed by atoms with Crippen molar-refractivity contribution >= 4 is 21.1 Å². The molecule has 0 spiro atoms. The van der Waals surface area contributed by atoms with E-state index >= 15 is 0 Å². The second-order valence-corrected chi connectivity index (χ2v) is 6.11. The lowest BCUT2D eigenvalue weighted by Gasteiger charge is -2.11. The van der Waals surface area contributed by atoms with Gasteiger partial charge in [0.05, 0.1) is 6.10 Å². The smallest absolute Gasteiger partial charge is 0.243 e. The number of fused-ring (bicyclic) bond motifs is 1. The number of nitrogens with zero attached hydrogens (tertiary/aromatic N) is 2. The SMILES string of the molecule is O=S(=O)(NC[C@@H]1CCCO1)c1cccc2nonc12. The molecule has 1 aliphatic rings. The Labute approximate surface area is 109 Å². The number of hydrogen-bond donors (Lipinski definition) is 1. The van der Waals surface area contributed by atoms with Crippen molar-refractivity contribution in [3.05, 3.63) is 18.2 Å². The first-order valence-corrected chi connectivity index (χ1v) is 7.48. The standard InChI is InChI=1S/C11H13N3O4S/c15-19(16,12-7-8-3-2-6-17-8)10-5-1-4-9-11(10)14-18-13-9/h1,4-5,8,12H,2-3,6-7H2/t8-/m0/s1. The number of rotatable bonds is 4. The van der Waals surface area contributed by atoms with Gasteiger partial charge >= 0.3 is 0 Å². The predicted octanol–water partition coefficient (Wildman–Crippen LogP) is 0.680. The lowest BCUT2D eigenvalue weighted by Crippen LogP contribution is -2.31. The average Bonchev–Trinajstić information content (AvgIpc) is 3.06. The fourth-order valence-corrected chi connectivity index (χ4v) is 3.30. The number of benzene rings is 1. The van der Waals surface area contributed by atoms with Crippen molar-refractivity contribution in [2.45, 2.75) is 23.8 Å². The number of aromatic nitrogens is 2. The molecular weight excluding hydrogens is 270 g/mol. The Morgan fingerprint density at radius 3 is 3.05 bits per heavy atom. The molecule has 0 aliphatic carbocycles. The maximum Gasteiger partial charge on any atom is 0.243 e. The van der Waals surface area contributed by atoms with Crippen molar-refractivity contribution in [1.82, 2.24) is 15.0 Å². The van der Waals surface area contributed by atoms with Crippen LogP contribution >= 0.6 is 0 Å². The molecular formula is C11H13N3O4S. The molecule has 0 amide bonds. The summed E-state index contributed by atoms with van der Waals surface area (Å²) in [6, 6.07) is 4.72. The van der Waals surface area contributed by atoms with E-state index in [2.05, 4.69) is 19.7 Å². The molecule has 1 N–H and O–H groups in total. The number of sulfonamides is 1. The van der Waals surface area contributed by atoms with Crippen molar-refractivity contribution in [2.24, 2.45) is 0 Å². The highest BCUT2D eigenvalue weighted by Gasteiger charge is 2.23. The largest absolute Gasteiger partial charge is 0.377 e. The molecule has 1 atom stereocenters. The van der Waals surface area contributed by atoms with Gasteiger partial charge < -0.3 is 4.74 Å². The summed E-state index contributed by atoms with van der Waals surface area (Å²) in [7, 11) is -3.64. The molecule has 1 aromatic carbocycles. The Hall–Kier alpha value is -1.51. The molecule has 3 rings (SSSR count). The highest BCUT2D eigenvalue weighted by molar-refractivity contribution is 7.89. The molecule has 0 bridgehead atoms. The Morgan fingerprint density at radius 2 is 2.26 bits per heavy atom. The normalized spacial score (nSPS) is 20.1. The number of nitrogens with one attached hydrogen (secondary N) is 1. The van der Waals surface area contributed by atoms with Crippen LogP contribution in [0.4, 0.5) is 0 Å². The predicted molar refractivity (Wildman–Crippen MR) is 66.0 cm³/mol. The van der Waals surface area contributed by atoms with E-state index in [-0.39, 0.29) is 23.1 Å². The molecule has 0 unspecified atom stereocenters. The summed E-state index contributed by atoms with van der Waals surface area (Å²) in [4.78, 5) is 0.0734. The van der Waals surface area contributed by atoms with Gasteiger partial charge in [0.25, 0.3) is 0 Å². The van der Waals surface area contributed by atoms with Gasteiger partial charge in [-0.05, 0) is 35.3 Å². The van der Waals surface area contributed by atoms with Gasteiger partial charge in [0.15, 0.2) is 5.52 Å². The van der Waals surface area contributed by atoms with Crippen molar-refractivity contribution in [3.8, 4) is 0 Å². The van der Waals surface area contributed by atoms with E-state index < -0.39 is 10.0 Å². The van der Waals surface area contributed by atoms with Gasteiger partial charge in [0.2, 0.25) is 10.0 Å². The van der Waals surface area contributed by atoms with Crippen molar-refractivity contribution < 1.29 is 17.8 Å². The summed E-state index contributed by atoms with van der Waals surface area (Å²) in [5.41, 5.74) is 0.655. The minimum absolute atomic E-state index is 0.0515. The van der Waals surface area contributed by atoms with Crippen molar-refractivity contribution in [2.75, 3.05) is 13.2 Å². The van der Waals surface area contributed by atoms with Crippen molar-refractivity contribution in [3.63, 3.8) is 0 Å². The van der Waals surface area contributed by atoms with Gasteiger partial charge in [-0.15, -0.1) is 0 Å². The lowest BCUT2D eigenvalue weighted by molar-refractivity contribution is 0.114. The molecule has 1 aromatic heterocycles. The van der Waals surface area contributed by atoms with Crippen LogP contribution in [0.3, 0.4) is 0 Å². The third kappa shape index (κ3) is 2.46. The zero-order chi connectivity index (χ0) is 13.3. The van der Waals surface area contributed by atoms with E-state index in [0.29, 0.717) is 12.1 Å². The van der Waals surface area contributed by atoms with Crippen LogP contribution in [-0.4, -0.2) is 38.0 Å². The molecule has 1 aliphatic heterocycles. The molecule has 2 heterocycles. The quantitative estimate of drug-likeness (QED) is 0.886. The molecule has 19 heavy (non-hydrogen) atoms. The van der Waals surface area contributed by atoms with Crippen LogP contribution in [0, 0.1) is 0 Å². The van der Waals surface area contributed by atoms with E-state index in [1.807, 2.05) is 0 Å². The zero-order valence-corrected chi connectivity index (χ0v) is 10.9. The Bertz CT molecular complexity index is 676. The fourth-order valence-electron chi connectivity index (χ4n) is 2.08. The van der Waals surface area contributed by atoms with Gasteiger partial charge in [-0.25, -0.2) is 17.8 Å². The summed E-state index contributed by atoms with van der Waals surface area (Å²) in [5, 5.41) is 7.26. The minimum atomic E-state index is -3.64. The number of hydrogen-bond acceptors (Lipinski definition) is 6. The van der Waals surface area contributed by atoms with Gasteiger partial charge in [0, 0.05) is 13.2 Å². The van der Waals surface area contributed by atoms with E-state index in [1.54, 1.807) is 12.1 Å². The minimum Gasteiger partial charge on any atom is -0.377 e. The lowest BCUT2D eigenvalue weighted by atomic mass is 10.2. The van der Waals surface area contributed by atoms with Crippen LogP contribution in [-0.2, 0) is 14.8 Å².